The van der Waals surface area contributed by atoms with Crippen LogP contribution in [0, 0.1) is 5.92 Å². The summed E-state index contributed by atoms with van der Waals surface area (Å²) in [7, 11) is 1.18. The van der Waals surface area contributed by atoms with Crippen molar-refractivity contribution in [2.75, 3.05) is 7.11 Å². The molecule has 19 heavy (non-hydrogen) atoms. The van der Waals surface area contributed by atoms with Crippen molar-refractivity contribution in [3.05, 3.63) is 35.9 Å². The van der Waals surface area contributed by atoms with Crippen molar-refractivity contribution in [2.24, 2.45) is 5.92 Å². The van der Waals surface area contributed by atoms with Gasteiger partial charge in [0.1, 0.15) is 5.92 Å². The molecule has 0 heterocycles. The number of ether oxygens (including phenoxy) is 1. The van der Waals surface area contributed by atoms with Gasteiger partial charge in [0, 0.05) is 18.7 Å². The molecule has 0 fully saturated rings. The summed E-state index contributed by atoms with van der Waals surface area (Å²) in [4.78, 5) is 34.7. The van der Waals surface area contributed by atoms with Crippen LogP contribution in [0.15, 0.2) is 30.3 Å². The molecular formula is C13H14ClNO4. The maximum atomic E-state index is 12.0. The maximum Gasteiger partial charge on any atom is 0.318 e. The molecule has 0 saturated carbocycles. The molecule has 1 unspecified atom stereocenters. The van der Waals surface area contributed by atoms with E-state index in [4.69, 9.17) is 11.8 Å². The fourth-order valence-electron chi connectivity index (χ4n) is 1.56. The third-order valence-electron chi connectivity index (χ3n) is 2.54. The van der Waals surface area contributed by atoms with Crippen molar-refractivity contribution in [2.45, 2.75) is 13.3 Å². The van der Waals surface area contributed by atoms with E-state index in [9.17, 15) is 14.4 Å². The SMILES string of the molecule is COC(=O)C(Cc1ccccc1)C(=O)N(Cl)C(C)=O. The topological polar surface area (TPSA) is 63.7 Å². The monoisotopic (exact) mass is 283 g/mol. The zero-order valence-electron chi connectivity index (χ0n) is 10.6. The van der Waals surface area contributed by atoms with Gasteiger partial charge in [0.15, 0.2) is 0 Å². The number of halogens is 1. The third kappa shape index (κ3) is 4.06. The molecule has 0 aliphatic carbocycles. The Morgan fingerprint density at radius 3 is 2.32 bits per heavy atom. The van der Waals surface area contributed by atoms with Crippen molar-refractivity contribution in [1.29, 1.82) is 0 Å². The molecular weight excluding hydrogens is 270 g/mol. The summed E-state index contributed by atoms with van der Waals surface area (Å²) >= 11 is 5.55. The Kier molecular flexibility index (Phi) is 5.51. The zero-order chi connectivity index (χ0) is 14.4. The number of hydrogen-bond donors (Lipinski definition) is 0. The van der Waals surface area contributed by atoms with E-state index in [2.05, 4.69) is 4.74 Å². The van der Waals surface area contributed by atoms with Crippen molar-refractivity contribution in [3.63, 3.8) is 0 Å². The molecule has 102 valence electrons. The molecule has 0 aromatic heterocycles. The maximum absolute atomic E-state index is 12.0. The van der Waals surface area contributed by atoms with Gasteiger partial charge in [-0.2, -0.15) is 4.42 Å². The Morgan fingerprint density at radius 2 is 1.84 bits per heavy atom. The number of amides is 2. The second-order valence-electron chi connectivity index (χ2n) is 3.90. The highest BCUT2D eigenvalue weighted by molar-refractivity contribution is 6.31. The van der Waals surface area contributed by atoms with Crippen LogP contribution >= 0.6 is 11.8 Å². The van der Waals surface area contributed by atoms with Gasteiger partial charge in [0.25, 0.3) is 5.91 Å². The fourth-order valence-corrected chi connectivity index (χ4v) is 1.67. The van der Waals surface area contributed by atoms with Gasteiger partial charge in [-0.1, -0.05) is 30.3 Å². The molecule has 0 saturated heterocycles. The fraction of sp³-hybridized carbons (Fsp3) is 0.308. The predicted octanol–water partition coefficient (Wildman–Crippen LogP) is 1.55. The minimum atomic E-state index is -1.13. The van der Waals surface area contributed by atoms with Crippen LogP contribution < -0.4 is 0 Å². The lowest BCUT2D eigenvalue weighted by atomic mass is 9.98. The molecule has 6 heteroatoms. The lowest BCUT2D eigenvalue weighted by Crippen LogP contribution is -2.38. The lowest BCUT2D eigenvalue weighted by Gasteiger charge is -2.17. The minimum Gasteiger partial charge on any atom is -0.468 e. The molecule has 0 bridgehead atoms. The van der Waals surface area contributed by atoms with Crippen LogP contribution in [0.1, 0.15) is 12.5 Å². The van der Waals surface area contributed by atoms with E-state index >= 15 is 0 Å². The average molecular weight is 284 g/mol. The number of imide groups is 1. The molecule has 0 N–H and O–H groups in total. The number of rotatable bonds is 4. The second-order valence-corrected chi connectivity index (χ2v) is 4.24. The summed E-state index contributed by atoms with van der Waals surface area (Å²) in [5, 5.41) is 0. The Hall–Kier alpha value is -1.88. The van der Waals surface area contributed by atoms with Crippen molar-refractivity contribution in [1.82, 2.24) is 4.42 Å². The summed E-state index contributed by atoms with van der Waals surface area (Å²) in [6, 6.07) is 8.95. The van der Waals surface area contributed by atoms with Crippen LogP contribution in [-0.4, -0.2) is 29.3 Å². The van der Waals surface area contributed by atoms with E-state index in [1.54, 1.807) is 24.3 Å². The van der Waals surface area contributed by atoms with Gasteiger partial charge in [-0.05, 0) is 12.0 Å². The van der Waals surface area contributed by atoms with Crippen LogP contribution in [0.5, 0.6) is 0 Å². The highest BCUT2D eigenvalue weighted by Crippen LogP contribution is 2.15. The molecule has 0 radical (unpaired) electrons. The average Bonchev–Trinajstić information content (AvgIpc) is 2.43. The second kappa shape index (κ2) is 6.89. The first kappa shape index (κ1) is 15.2. The van der Waals surface area contributed by atoms with Gasteiger partial charge < -0.3 is 4.74 Å². The molecule has 1 aromatic rings. The number of carbonyl (C=O) groups excluding carboxylic acids is 3. The molecule has 1 aromatic carbocycles. The number of benzene rings is 1. The van der Waals surface area contributed by atoms with E-state index in [0.717, 1.165) is 12.5 Å². The normalized spacial score (nSPS) is 11.5. The van der Waals surface area contributed by atoms with Crippen LogP contribution in [0.4, 0.5) is 0 Å². The van der Waals surface area contributed by atoms with Crippen LogP contribution in [-0.2, 0) is 25.5 Å². The lowest BCUT2D eigenvalue weighted by molar-refractivity contribution is -0.153. The molecule has 2 amide bonds. The van der Waals surface area contributed by atoms with Crippen molar-refractivity contribution < 1.29 is 19.1 Å². The number of esters is 1. The van der Waals surface area contributed by atoms with Crippen LogP contribution in [0.25, 0.3) is 0 Å². The Labute approximate surface area is 116 Å². The molecule has 5 nitrogen and oxygen atoms in total. The van der Waals surface area contributed by atoms with Gasteiger partial charge in [-0.15, -0.1) is 0 Å². The van der Waals surface area contributed by atoms with E-state index in [1.807, 2.05) is 6.07 Å². The summed E-state index contributed by atoms with van der Waals surface area (Å²) in [6.45, 7) is 1.14. The van der Waals surface area contributed by atoms with Gasteiger partial charge in [0.2, 0.25) is 5.91 Å². The van der Waals surface area contributed by atoms with E-state index in [-0.39, 0.29) is 6.42 Å². The van der Waals surface area contributed by atoms with Gasteiger partial charge in [0.05, 0.1) is 7.11 Å². The Bertz CT molecular complexity index is 475. The quantitative estimate of drug-likeness (QED) is 0.478. The van der Waals surface area contributed by atoms with Gasteiger partial charge in [-0.3, -0.25) is 14.4 Å². The van der Waals surface area contributed by atoms with Gasteiger partial charge >= 0.3 is 5.97 Å². The Balaban J connectivity index is 2.93. The van der Waals surface area contributed by atoms with E-state index in [1.165, 1.54) is 7.11 Å². The first-order valence-corrected chi connectivity index (χ1v) is 5.93. The zero-order valence-corrected chi connectivity index (χ0v) is 11.4. The standard InChI is InChI=1S/C13H14ClNO4/c1-9(16)15(14)12(17)11(13(18)19-2)8-10-6-4-3-5-7-10/h3-7,11H,8H2,1-2H3. The third-order valence-corrected chi connectivity index (χ3v) is 2.94. The largest absolute Gasteiger partial charge is 0.468 e. The minimum absolute atomic E-state index is 0.128. The predicted molar refractivity (Wildman–Crippen MR) is 69.0 cm³/mol. The van der Waals surface area contributed by atoms with E-state index < -0.39 is 23.7 Å². The first-order chi connectivity index (χ1) is 8.97. The highest BCUT2D eigenvalue weighted by Gasteiger charge is 2.33. The number of carbonyl (C=O) groups is 3. The summed E-state index contributed by atoms with van der Waals surface area (Å²) < 4.78 is 4.99. The molecule has 1 atom stereocenters. The molecule has 0 spiro atoms. The number of nitrogens with zero attached hydrogens (tertiary/aromatic N) is 1. The molecule has 0 aliphatic heterocycles. The van der Waals surface area contributed by atoms with Crippen molar-refractivity contribution in [3.8, 4) is 0 Å². The number of hydrogen-bond acceptors (Lipinski definition) is 4. The summed E-state index contributed by atoms with van der Waals surface area (Å²) in [6.07, 6.45) is 0.128. The van der Waals surface area contributed by atoms with Gasteiger partial charge in [-0.25, -0.2) is 0 Å². The first-order valence-electron chi connectivity index (χ1n) is 5.59. The summed E-state index contributed by atoms with van der Waals surface area (Å²) in [5.74, 6) is -3.28. The molecule has 0 aliphatic rings. The Morgan fingerprint density at radius 1 is 1.26 bits per heavy atom. The van der Waals surface area contributed by atoms with E-state index in [0.29, 0.717) is 4.42 Å². The molecule has 1 rings (SSSR count). The van der Waals surface area contributed by atoms with Crippen LogP contribution in [0.2, 0.25) is 0 Å². The smallest absolute Gasteiger partial charge is 0.318 e. The van der Waals surface area contributed by atoms with Crippen molar-refractivity contribution >= 4 is 29.6 Å². The summed E-state index contributed by atoms with van der Waals surface area (Å²) in [5.41, 5.74) is 0.778. The number of methoxy groups -OCH3 is 1. The highest BCUT2D eigenvalue weighted by atomic mass is 35.5. The van der Waals surface area contributed by atoms with Crippen LogP contribution in [0.3, 0.4) is 0 Å².